The van der Waals surface area contributed by atoms with Crippen LogP contribution in [0.5, 0.6) is 0 Å². The van der Waals surface area contributed by atoms with Gasteiger partial charge in [-0.15, -0.1) is 0 Å². The molecule has 1 aromatic heterocycles. The van der Waals surface area contributed by atoms with Gasteiger partial charge in [0.05, 0.1) is 28.2 Å². The van der Waals surface area contributed by atoms with Crippen LogP contribution in [0.15, 0.2) is 34.2 Å². The Hall–Kier alpha value is -1.87. The van der Waals surface area contributed by atoms with Gasteiger partial charge in [0.2, 0.25) is 5.91 Å². The molecule has 0 radical (unpaired) electrons. The monoisotopic (exact) mass is 421 g/mol. The number of carbonyl (C=O) groups is 1. The summed E-state index contributed by atoms with van der Waals surface area (Å²) in [6.07, 6.45) is 4.52. The average molecular weight is 422 g/mol. The van der Waals surface area contributed by atoms with Crippen molar-refractivity contribution in [3.8, 4) is 0 Å². The van der Waals surface area contributed by atoms with E-state index < -0.39 is 9.84 Å². The van der Waals surface area contributed by atoms with Crippen molar-refractivity contribution in [2.45, 2.75) is 49.3 Å². The Morgan fingerprint density at radius 3 is 2.68 bits per heavy atom. The lowest BCUT2D eigenvalue weighted by Crippen LogP contribution is -2.37. The van der Waals surface area contributed by atoms with E-state index in [0.29, 0.717) is 22.5 Å². The SMILES string of the molecule is O=C(CSc1nc2ccccc2c(=O)n1C1CCCC1)N[C@H]1CCS(=O)(=O)C1. The molecule has 1 saturated carbocycles. The van der Waals surface area contributed by atoms with Crippen LogP contribution in [0.2, 0.25) is 0 Å². The minimum Gasteiger partial charge on any atom is -0.352 e. The number of nitrogens with one attached hydrogen (secondary N) is 1. The Kier molecular flexibility index (Phi) is 5.46. The topological polar surface area (TPSA) is 98.1 Å². The van der Waals surface area contributed by atoms with Crippen molar-refractivity contribution in [1.29, 1.82) is 0 Å². The van der Waals surface area contributed by atoms with Crippen LogP contribution in [-0.2, 0) is 14.6 Å². The molecule has 0 bridgehead atoms. The van der Waals surface area contributed by atoms with Crippen molar-refractivity contribution in [3.63, 3.8) is 0 Å². The summed E-state index contributed by atoms with van der Waals surface area (Å²) >= 11 is 1.24. The first-order chi connectivity index (χ1) is 13.4. The highest BCUT2D eigenvalue weighted by Crippen LogP contribution is 2.32. The number of thioether (sulfide) groups is 1. The molecule has 2 aromatic rings. The average Bonchev–Trinajstić information content (AvgIpc) is 3.29. The molecule has 7 nitrogen and oxygen atoms in total. The van der Waals surface area contributed by atoms with Gasteiger partial charge < -0.3 is 5.32 Å². The predicted molar refractivity (Wildman–Crippen MR) is 109 cm³/mol. The predicted octanol–water partition coefficient (Wildman–Crippen LogP) is 1.91. The number of hydrogen-bond acceptors (Lipinski definition) is 6. The van der Waals surface area contributed by atoms with Gasteiger partial charge in [0.25, 0.3) is 5.56 Å². The Morgan fingerprint density at radius 1 is 1.21 bits per heavy atom. The molecule has 2 heterocycles. The molecule has 1 saturated heterocycles. The second kappa shape index (κ2) is 7.87. The van der Waals surface area contributed by atoms with Crippen LogP contribution in [0, 0.1) is 0 Å². The van der Waals surface area contributed by atoms with Gasteiger partial charge in [0, 0.05) is 12.1 Å². The van der Waals surface area contributed by atoms with E-state index in [1.807, 2.05) is 18.2 Å². The molecule has 2 aliphatic rings. The molecular formula is C19H23N3O4S2. The lowest BCUT2D eigenvalue weighted by Gasteiger charge is -2.18. The zero-order chi connectivity index (χ0) is 19.7. The Balaban J connectivity index is 1.55. The van der Waals surface area contributed by atoms with Gasteiger partial charge in [0.1, 0.15) is 0 Å². The van der Waals surface area contributed by atoms with Crippen LogP contribution in [0.1, 0.15) is 38.1 Å². The Labute approximate surface area is 167 Å². The van der Waals surface area contributed by atoms with Crippen LogP contribution in [0.4, 0.5) is 0 Å². The van der Waals surface area contributed by atoms with E-state index in [1.165, 1.54) is 11.8 Å². The number of amides is 1. The number of carbonyl (C=O) groups excluding carboxylic acids is 1. The summed E-state index contributed by atoms with van der Waals surface area (Å²) < 4.78 is 24.9. The van der Waals surface area contributed by atoms with E-state index >= 15 is 0 Å². The number of para-hydroxylation sites is 1. The van der Waals surface area contributed by atoms with Gasteiger partial charge in [-0.2, -0.15) is 0 Å². The van der Waals surface area contributed by atoms with Crippen molar-refractivity contribution in [2.75, 3.05) is 17.3 Å². The lowest BCUT2D eigenvalue weighted by molar-refractivity contribution is -0.119. The summed E-state index contributed by atoms with van der Waals surface area (Å²) in [5, 5.41) is 3.95. The van der Waals surface area contributed by atoms with Gasteiger partial charge >= 0.3 is 0 Å². The number of benzene rings is 1. The highest BCUT2D eigenvalue weighted by Gasteiger charge is 2.29. The summed E-state index contributed by atoms with van der Waals surface area (Å²) in [6, 6.07) is 7.08. The van der Waals surface area contributed by atoms with Crippen LogP contribution >= 0.6 is 11.8 Å². The van der Waals surface area contributed by atoms with Gasteiger partial charge in [-0.1, -0.05) is 36.7 Å². The quantitative estimate of drug-likeness (QED) is 0.585. The van der Waals surface area contributed by atoms with E-state index in [-0.39, 0.29) is 40.8 Å². The molecule has 1 aliphatic carbocycles. The van der Waals surface area contributed by atoms with Crippen LogP contribution in [0.3, 0.4) is 0 Å². The van der Waals surface area contributed by atoms with Crippen molar-refractivity contribution < 1.29 is 13.2 Å². The van der Waals surface area contributed by atoms with E-state index in [2.05, 4.69) is 10.3 Å². The van der Waals surface area contributed by atoms with Crippen molar-refractivity contribution >= 4 is 38.4 Å². The standard InChI is InChI=1S/C19H23N3O4S2/c23-17(20-13-9-10-28(25,26)12-13)11-27-19-21-16-8-4-3-7-15(16)18(24)22(19)14-5-1-2-6-14/h3-4,7-8,13-14H,1-2,5-6,9-12H2,(H,20,23)/t13-/m0/s1. The highest BCUT2D eigenvalue weighted by atomic mass is 32.2. The summed E-state index contributed by atoms with van der Waals surface area (Å²) in [5.74, 6) is 0.00395. The van der Waals surface area contributed by atoms with E-state index in [0.717, 1.165) is 25.7 Å². The molecule has 150 valence electrons. The molecule has 1 atom stereocenters. The Bertz CT molecular complexity index is 1060. The number of nitrogens with zero attached hydrogens (tertiary/aromatic N) is 2. The first-order valence-corrected chi connectivity index (χ1v) is 12.4. The largest absolute Gasteiger partial charge is 0.352 e. The number of rotatable bonds is 5. The molecule has 1 aliphatic heterocycles. The third kappa shape index (κ3) is 4.10. The van der Waals surface area contributed by atoms with Gasteiger partial charge in [-0.3, -0.25) is 14.2 Å². The molecule has 1 amide bonds. The van der Waals surface area contributed by atoms with Crippen LogP contribution < -0.4 is 10.9 Å². The number of sulfone groups is 1. The minimum absolute atomic E-state index is 0.00438. The fourth-order valence-electron chi connectivity index (χ4n) is 4.02. The van der Waals surface area contributed by atoms with E-state index in [9.17, 15) is 18.0 Å². The van der Waals surface area contributed by atoms with Gasteiger partial charge in [-0.05, 0) is 31.4 Å². The first-order valence-electron chi connectivity index (χ1n) is 9.57. The van der Waals surface area contributed by atoms with Crippen LogP contribution in [-0.4, -0.2) is 47.2 Å². The molecule has 2 fully saturated rings. The molecule has 4 rings (SSSR count). The third-order valence-corrected chi connectivity index (χ3v) is 8.12. The fourth-order valence-corrected chi connectivity index (χ4v) is 6.57. The molecule has 1 N–H and O–H groups in total. The zero-order valence-corrected chi connectivity index (χ0v) is 17.1. The molecular weight excluding hydrogens is 398 g/mol. The molecule has 1 aromatic carbocycles. The summed E-state index contributed by atoms with van der Waals surface area (Å²) in [7, 11) is -3.04. The summed E-state index contributed by atoms with van der Waals surface area (Å²) in [4.78, 5) is 30.1. The summed E-state index contributed by atoms with van der Waals surface area (Å²) in [5.41, 5.74) is 0.578. The second-order valence-electron chi connectivity index (χ2n) is 7.48. The number of hydrogen-bond donors (Lipinski definition) is 1. The molecule has 9 heteroatoms. The zero-order valence-electron chi connectivity index (χ0n) is 15.5. The van der Waals surface area contributed by atoms with E-state index in [4.69, 9.17) is 0 Å². The second-order valence-corrected chi connectivity index (χ2v) is 10.7. The van der Waals surface area contributed by atoms with Crippen molar-refractivity contribution in [2.24, 2.45) is 0 Å². The van der Waals surface area contributed by atoms with Crippen LogP contribution in [0.25, 0.3) is 10.9 Å². The molecule has 28 heavy (non-hydrogen) atoms. The lowest BCUT2D eigenvalue weighted by atomic mass is 10.2. The van der Waals surface area contributed by atoms with Crippen molar-refractivity contribution in [1.82, 2.24) is 14.9 Å². The number of fused-ring (bicyclic) bond motifs is 1. The third-order valence-electron chi connectivity index (χ3n) is 5.40. The van der Waals surface area contributed by atoms with Crippen molar-refractivity contribution in [3.05, 3.63) is 34.6 Å². The maximum Gasteiger partial charge on any atom is 0.262 e. The highest BCUT2D eigenvalue weighted by molar-refractivity contribution is 7.99. The Morgan fingerprint density at radius 2 is 1.96 bits per heavy atom. The van der Waals surface area contributed by atoms with Gasteiger partial charge in [0.15, 0.2) is 15.0 Å². The fraction of sp³-hybridized carbons (Fsp3) is 0.526. The normalized spacial score (nSPS) is 21.9. The summed E-state index contributed by atoms with van der Waals surface area (Å²) in [6.45, 7) is 0. The number of aromatic nitrogens is 2. The molecule has 0 unspecified atom stereocenters. The minimum atomic E-state index is -3.04. The molecule has 0 spiro atoms. The van der Waals surface area contributed by atoms with Gasteiger partial charge in [-0.25, -0.2) is 13.4 Å². The maximum atomic E-state index is 13.1. The maximum absolute atomic E-state index is 13.1. The van der Waals surface area contributed by atoms with E-state index in [1.54, 1.807) is 10.6 Å². The smallest absolute Gasteiger partial charge is 0.262 e. The first kappa shape index (κ1) is 19.4.